The molecule has 1 aromatic heterocycles. The highest BCUT2D eigenvalue weighted by atomic mass is 16.5. The van der Waals surface area contributed by atoms with Crippen LogP contribution in [-0.4, -0.2) is 28.6 Å². The fraction of sp³-hybridized carbons (Fsp3) is 0.160. The Kier molecular flexibility index (Phi) is 6.70. The summed E-state index contributed by atoms with van der Waals surface area (Å²) in [6.45, 7) is 2.89. The van der Waals surface area contributed by atoms with E-state index in [9.17, 15) is 0 Å². The molecule has 0 aliphatic rings. The number of rotatable bonds is 8. The molecule has 6 nitrogen and oxygen atoms in total. The first-order chi connectivity index (χ1) is 15.3. The van der Waals surface area contributed by atoms with E-state index in [0.29, 0.717) is 11.7 Å². The number of unbranched alkanes of at least 4 members (excludes halogenated alkanes) is 1. The maximum atomic E-state index is 5.71. The van der Waals surface area contributed by atoms with Crippen LogP contribution in [0.15, 0.2) is 89.0 Å². The Morgan fingerprint density at radius 3 is 2.55 bits per heavy atom. The SMILES string of the molecule is CCCCOc1ccc(/C=N\NC(=Nc2ccccc2)c2nc3ccccc3[nH]2)cc1. The minimum atomic E-state index is 0.540. The van der Waals surface area contributed by atoms with Crippen LogP contribution in [0.25, 0.3) is 11.0 Å². The van der Waals surface area contributed by atoms with E-state index in [2.05, 4.69) is 32.4 Å². The Morgan fingerprint density at radius 1 is 1.00 bits per heavy atom. The standard InChI is InChI=1S/C25H25N5O/c1-2-3-17-31-21-15-13-19(14-16-21)18-26-30-25(27-20-9-5-4-6-10-20)24-28-22-11-7-8-12-23(22)29-24/h4-16,18H,2-3,17H2,1H3,(H,27,30)(H,28,29)/b26-18-. The number of imidazole rings is 1. The number of amidine groups is 1. The van der Waals surface area contributed by atoms with E-state index in [1.165, 1.54) is 0 Å². The van der Waals surface area contributed by atoms with Gasteiger partial charge in [-0.3, -0.25) is 5.43 Å². The van der Waals surface area contributed by atoms with Crippen LogP contribution in [0.4, 0.5) is 5.69 Å². The molecule has 3 aromatic carbocycles. The second-order valence-electron chi connectivity index (χ2n) is 7.04. The maximum Gasteiger partial charge on any atom is 0.190 e. The minimum Gasteiger partial charge on any atom is -0.494 e. The van der Waals surface area contributed by atoms with Crippen molar-refractivity contribution in [1.29, 1.82) is 0 Å². The summed E-state index contributed by atoms with van der Waals surface area (Å²) < 4.78 is 5.71. The quantitative estimate of drug-likeness (QED) is 0.175. The normalized spacial score (nSPS) is 11.8. The number of nitrogens with zero attached hydrogens (tertiary/aromatic N) is 3. The van der Waals surface area contributed by atoms with Crippen molar-refractivity contribution >= 4 is 28.8 Å². The van der Waals surface area contributed by atoms with Crippen LogP contribution in [0.5, 0.6) is 5.75 Å². The fourth-order valence-electron chi connectivity index (χ4n) is 2.98. The molecule has 0 saturated heterocycles. The minimum absolute atomic E-state index is 0.540. The lowest BCUT2D eigenvalue weighted by molar-refractivity contribution is 0.309. The zero-order valence-electron chi connectivity index (χ0n) is 17.5. The van der Waals surface area contributed by atoms with Gasteiger partial charge in [0.2, 0.25) is 0 Å². The predicted octanol–water partition coefficient (Wildman–Crippen LogP) is 5.44. The largest absolute Gasteiger partial charge is 0.494 e. The van der Waals surface area contributed by atoms with Crippen molar-refractivity contribution in [2.24, 2.45) is 10.1 Å². The first-order valence-corrected chi connectivity index (χ1v) is 10.4. The summed E-state index contributed by atoms with van der Waals surface area (Å²) in [4.78, 5) is 12.6. The summed E-state index contributed by atoms with van der Waals surface area (Å²) >= 11 is 0. The van der Waals surface area contributed by atoms with Gasteiger partial charge in [-0.2, -0.15) is 5.10 Å². The molecule has 2 N–H and O–H groups in total. The molecular weight excluding hydrogens is 386 g/mol. The summed E-state index contributed by atoms with van der Waals surface area (Å²) in [5.41, 5.74) is 6.64. The van der Waals surface area contributed by atoms with Crippen molar-refractivity contribution < 1.29 is 4.74 Å². The highest BCUT2D eigenvalue weighted by molar-refractivity contribution is 6.00. The Labute approximate surface area is 181 Å². The van der Waals surface area contributed by atoms with Gasteiger partial charge in [0, 0.05) is 0 Å². The van der Waals surface area contributed by atoms with Crippen molar-refractivity contribution in [3.8, 4) is 5.75 Å². The Balaban J connectivity index is 1.52. The van der Waals surface area contributed by atoms with E-state index in [1.807, 2.05) is 78.9 Å². The average molecular weight is 412 g/mol. The van der Waals surface area contributed by atoms with Crippen LogP contribution in [0.1, 0.15) is 31.2 Å². The summed E-state index contributed by atoms with van der Waals surface area (Å²) in [6.07, 6.45) is 3.92. The molecule has 0 saturated carbocycles. The van der Waals surface area contributed by atoms with E-state index in [4.69, 9.17) is 4.74 Å². The van der Waals surface area contributed by atoms with E-state index in [-0.39, 0.29) is 0 Å². The highest BCUT2D eigenvalue weighted by Gasteiger charge is 2.09. The zero-order chi connectivity index (χ0) is 21.3. The molecule has 0 bridgehead atoms. The summed E-state index contributed by atoms with van der Waals surface area (Å²) in [5, 5.41) is 4.38. The van der Waals surface area contributed by atoms with Crippen molar-refractivity contribution in [1.82, 2.24) is 15.4 Å². The molecule has 0 radical (unpaired) electrons. The lowest BCUT2D eigenvalue weighted by atomic mass is 10.2. The maximum absolute atomic E-state index is 5.71. The number of aliphatic imine (C=N–C) groups is 1. The third-order valence-electron chi connectivity index (χ3n) is 4.64. The zero-order valence-corrected chi connectivity index (χ0v) is 17.5. The van der Waals surface area contributed by atoms with Gasteiger partial charge in [0.05, 0.1) is 29.5 Å². The summed E-state index contributed by atoms with van der Waals surface area (Å²) in [7, 11) is 0. The number of fused-ring (bicyclic) bond motifs is 1. The molecule has 4 rings (SSSR count). The topological polar surface area (TPSA) is 74.7 Å². The van der Waals surface area contributed by atoms with Crippen molar-refractivity contribution in [2.45, 2.75) is 19.8 Å². The lowest BCUT2D eigenvalue weighted by Gasteiger charge is -2.05. The number of H-pyrrole nitrogens is 1. The van der Waals surface area contributed by atoms with E-state index in [0.717, 1.165) is 47.5 Å². The molecule has 6 heteroatoms. The Hall–Kier alpha value is -3.93. The van der Waals surface area contributed by atoms with Crippen LogP contribution in [0, 0.1) is 0 Å². The molecule has 0 spiro atoms. The number of nitrogens with one attached hydrogen (secondary N) is 2. The summed E-state index contributed by atoms with van der Waals surface area (Å²) in [5.74, 6) is 2.03. The molecule has 0 unspecified atom stereocenters. The molecule has 0 fully saturated rings. The second kappa shape index (κ2) is 10.2. The molecule has 0 amide bonds. The number of aromatic nitrogens is 2. The van der Waals surface area contributed by atoms with Gasteiger partial charge in [-0.15, -0.1) is 0 Å². The third-order valence-corrected chi connectivity index (χ3v) is 4.64. The predicted molar refractivity (Wildman–Crippen MR) is 126 cm³/mol. The van der Waals surface area contributed by atoms with Gasteiger partial charge < -0.3 is 9.72 Å². The first-order valence-electron chi connectivity index (χ1n) is 10.4. The van der Waals surface area contributed by atoms with Gasteiger partial charge in [0.1, 0.15) is 5.75 Å². The monoisotopic (exact) mass is 411 g/mol. The molecule has 0 aliphatic heterocycles. The molecule has 0 aliphatic carbocycles. The molecule has 0 atom stereocenters. The van der Waals surface area contributed by atoms with E-state index < -0.39 is 0 Å². The molecule has 4 aromatic rings. The van der Waals surface area contributed by atoms with Gasteiger partial charge in [0.25, 0.3) is 0 Å². The van der Waals surface area contributed by atoms with Gasteiger partial charge in [-0.25, -0.2) is 9.98 Å². The van der Waals surface area contributed by atoms with E-state index in [1.54, 1.807) is 6.21 Å². The average Bonchev–Trinajstić information content (AvgIpc) is 3.25. The number of para-hydroxylation sites is 3. The number of benzene rings is 3. The van der Waals surface area contributed by atoms with Crippen LogP contribution in [0.3, 0.4) is 0 Å². The lowest BCUT2D eigenvalue weighted by Crippen LogP contribution is -2.20. The van der Waals surface area contributed by atoms with Gasteiger partial charge >= 0.3 is 0 Å². The van der Waals surface area contributed by atoms with Gasteiger partial charge in [-0.1, -0.05) is 43.7 Å². The fourth-order valence-corrected chi connectivity index (χ4v) is 2.98. The van der Waals surface area contributed by atoms with Crippen molar-refractivity contribution in [2.75, 3.05) is 6.61 Å². The summed E-state index contributed by atoms with van der Waals surface area (Å²) in [6, 6.07) is 25.5. The van der Waals surface area contributed by atoms with E-state index >= 15 is 0 Å². The number of hydrazone groups is 1. The smallest absolute Gasteiger partial charge is 0.190 e. The van der Waals surface area contributed by atoms with Crippen LogP contribution in [-0.2, 0) is 0 Å². The number of hydrogen-bond acceptors (Lipinski definition) is 4. The van der Waals surface area contributed by atoms with Crippen LogP contribution < -0.4 is 10.2 Å². The molecule has 31 heavy (non-hydrogen) atoms. The number of aromatic amines is 1. The molecule has 156 valence electrons. The molecule has 1 heterocycles. The Morgan fingerprint density at radius 2 is 1.77 bits per heavy atom. The van der Waals surface area contributed by atoms with Crippen LogP contribution in [0.2, 0.25) is 0 Å². The number of hydrogen-bond donors (Lipinski definition) is 2. The van der Waals surface area contributed by atoms with Gasteiger partial charge in [-0.05, 0) is 60.5 Å². The second-order valence-corrected chi connectivity index (χ2v) is 7.04. The molecular formula is C25H25N5O. The first kappa shape index (κ1) is 20.3. The van der Waals surface area contributed by atoms with Crippen molar-refractivity contribution in [3.05, 3.63) is 90.3 Å². The van der Waals surface area contributed by atoms with Crippen molar-refractivity contribution in [3.63, 3.8) is 0 Å². The highest BCUT2D eigenvalue weighted by Crippen LogP contribution is 2.15. The third kappa shape index (κ3) is 5.57. The number of ether oxygens (including phenoxy) is 1. The van der Waals surface area contributed by atoms with Crippen LogP contribution >= 0.6 is 0 Å². The van der Waals surface area contributed by atoms with Gasteiger partial charge in [0.15, 0.2) is 11.7 Å². The Bertz CT molecular complexity index is 1130.